The summed E-state index contributed by atoms with van der Waals surface area (Å²) in [7, 11) is 0. The number of phenolic OH excluding ortho intramolecular Hbond substituents is 1. The van der Waals surface area contributed by atoms with E-state index >= 15 is 0 Å². The number of carbonyl (C=O) groups is 4. The molecular weight excluding hydrogens is 432 g/mol. The summed E-state index contributed by atoms with van der Waals surface area (Å²) in [5, 5.41) is 25.5. The van der Waals surface area contributed by atoms with Crippen LogP contribution in [0.3, 0.4) is 0 Å². The van der Waals surface area contributed by atoms with Crippen LogP contribution >= 0.6 is 25.3 Å². The van der Waals surface area contributed by atoms with Gasteiger partial charge in [0.1, 0.15) is 23.9 Å². The van der Waals surface area contributed by atoms with Crippen molar-refractivity contribution in [2.24, 2.45) is 5.73 Å². The quantitative estimate of drug-likeness (QED) is 0.190. The molecule has 1 aromatic carbocycles. The fourth-order valence-corrected chi connectivity index (χ4v) is 2.70. The van der Waals surface area contributed by atoms with E-state index in [-0.39, 0.29) is 23.7 Å². The molecule has 0 aromatic heterocycles. The summed E-state index contributed by atoms with van der Waals surface area (Å²) in [6.45, 7) is 1.28. The van der Waals surface area contributed by atoms with Crippen molar-refractivity contribution in [2.75, 3.05) is 11.5 Å². The number of aliphatic carboxylic acids is 1. The molecule has 7 N–H and O–H groups in total. The molecule has 4 atom stereocenters. The lowest BCUT2D eigenvalue weighted by molar-refractivity contribution is -0.141. The number of amides is 3. The highest BCUT2D eigenvalue weighted by Crippen LogP contribution is 2.12. The van der Waals surface area contributed by atoms with Gasteiger partial charge < -0.3 is 31.9 Å². The lowest BCUT2D eigenvalue weighted by Crippen LogP contribution is -2.58. The van der Waals surface area contributed by atoms with E-state index in [1.54, 1.807) is 12.1 Å². The molecule has 0 bridgehead atoms. The maximum atomic E-state index is 12.8. The van der Waals surface area contributed by atoms with Crippen LogP contribution in [0.2, 0.25) is 0 Å². The minimum atomic E-state index is -1.23. The van der Waals surface area contributed by atoms with Crippen molar-refractivity contribution in [1.29, 1.82) is 0 Å². The van der Waals surface area contributed by atoms with Gasteiger partial charge in [-0.1, -0.05) is 12.1 Å². The van der Waals surface area contributed by atoms with Crippen LogP contribution in [0, 0.1) is 0 Å². The van der Waals surface area contributed by atoms with Gasteiger partial charge in [-0.05, 0) is 24.6 Å². The topological polar surface area (TPSA) is 171 Å². The standard InChI is InChI=1S/C18H26N4O6S2/c1-9(18(27)28)20-17(26)14(8-30)22-16(25)13(21-15(24)12(19)7-29)6-10-2-4-11(23)5-3-10/h2-5,9,12-14,23,29-30H,6-8,19H2,1H3,(H,20,26)(H,21,24)(H,22,25)(H,27,28). The zero-order chi connectivity index (χ0) is 22.8. The molecule has 0 saturated heterocycles. The highest BCUT2D eigenvalue weighted by atomic mass is 32.1. The second-order valence-electron chi connectivity index (χ2n) is 6.53. The van der Waals surface area contributed by atoms with Gasteiger partial charge in [0.05, 0.1) is 6.04 Å². The molecule has 1 aromatic rings. The molecule has 0 aliphatic heterocycles. The van der Waals surface area contributed by atoms with Crippen molar-refractivity contribution in [3.63, 3.8) is 0 Å². The van der Waals surface area contributed by atoms with E-state index in [0.717, 1.165) is 0 Å². The first-order chi connectivity index (χ1) is 14.1. The lowest BCUT2D eigenvalue weighted by atomic mass is 10.0. The first-order valence-corrected chi connectivity index (χ1v) is 10.2. The van der Waals surface area contributed by atoms with E-state index in [4.69, 9.17) is 10.8 Å². The predicted molar refractivity (Wildman–Crippen MR) is 117 cm³/mol. The third-order valence-corrected chi connectivity index (χ3v) is 4.85. The van der Waals surface area contributed by atoms with Gasteiger partial charge in [-0.2, -0.15) is 25.3 Å². The van der Waals surface area contributed by atoms with Crippen LogP contribution in [0.5, 0.6) is 5.75 Å². The van der Waals surface area contributed by atoms with Crippen LogP contribution in [0.25, 0.3) is 0 Å². The minimum absolute atomic E-state index is 0.0419. The lowest BCUT2D eigenvalue weighted by Gasteiger charge is -2.24. The summed E-state index contributed by atoms with van der Waals surface area (Å²) in [6.07, 6.45) is 0.0591. The molecule has 10 nitrogen and oxygen atoms in total. The molecule has 0 fully saturated rings. The average molecular weight is 459 g/mol. The van der Waals surface area contributed by atoms with Crippen LogP contribution in [0.4, 0.5) is 0 Å². The van der Waals surface area contributed by atoms with Gasteiger partial charge in [-0.25, -0.2) is 0 Å². The predicted octanol–water partition coefficient (Wildman–Crippen LogP) is -1.32. The van der Waals surface area contributed by atoms with Crippen LogP contribution in [-0.4, -0.2) is 69.6 Å². The number of carbonyl (C=O) groups excluding carboxylic acids is 3. The Morgan fingerprint density at radius 3 is 1.97 bits per heavy atom. The summed E-state index contributed by atoms with van der Waals surface area (Å²) in [6, 6.07) is 1.73. The van der Waals surface area contributed by atoms with Gasteiger partial charge in [-0.3, -0.25) is 19.2 Å². The molecule has 3 amide bonds. The number of hydrogen-bond donors (Lipinski definition) is 8. The molecule has 1 rings (SSSR count). The van der Waals surface area contributed by atoms with Gasteiger partial charge in [0, 0.05) is 17.9 Å². The fraction of sp³-hybridized carbons (Fsp3) is 0.444. The largest absolute Gasteiger partial charge is 0.508 e. The van der Waals surface area contributed by atoms with E-state index in [9.17, 15) is 24.3 Å². The summed E-state index contributed by atoms with van der Waals surface area (Å²) in [4.78, 5) is 48.1. The summed E-state index contributed by atoms with van der Waals surface area (Å²) in [5.74, 6) is -3.23. The third kappa shape index (κ3) is 8.13. The van der Waals surface area contributed by atoms with Crippen LogP contribution in [0.1, 0.15) is 12.5 Å². The number of rotatable bonds is 11. The van der Waals surface area contributed by atoms with Gasteiger partial charge in [0.2, 0.25) is 17.7 Å². The Morgan fingerprint density at radius 1 is 0.933 bits per heavy atom. The molecule has 166 valence electrons. The Labute approximate surface area is 184 Å². The van der Waals surface area contributed by atoms with Gasteiger partial charge in [0.15, 0.2) is 0 Å². The van der Waals surface area contributed by atoms with E-state index in [1.165, 1.54) is 19.1 Å². The van der Waals surface area contributed by atoms with Gasteiger partial charge in [-0.15, -0.1) is 0 Å². The number of aromatic hydroxyl groups is 1. The Balaban J connectivity index is 2.95. The highest BCUT2D eigenvalue weighted by molar-refractivity contribution is 7.80. The number of phenols is 1. The molecular formula is C18H26N4O6S2. The third-order valence-electron chi connectivity index (χ3n) is 4.09. The number of nitrogens with two attached hydrogens (primary N) is 1. The summed E-state index contributed by atoms with van der Waals surface area (Å²) in [5.41, 5.74) is 6.29. The second kappa shape index (κ2) is 12.3. The number of carboxylic acid groups (broad SMARTS) is 1. The first-order valence-electron chi connectivity index (χ1n) is 8.98. The van der Waals surface area contributed by atoms with Gasteiger partial charge >= 0.3 is 5.97 Å². The van der Waals surface area contributed by atoms with Crippen LogP contribution in [-0.2, 0) is 25.6 Å². The molecule has 30 heavy (non-hydrogen) atoms. The zero-order valence-corrected chi connectivity index (χ0v) is 18.0. The first kappa shape index (κ1) is 25.6. The molecule has 0 radical (unpaired) electrons. The molecule has 0 heterocycles. The zero-order valence-electron chi connectivity index (χ0n) is 16.2. The van der Waals surface area contributed by atoms with Crippen LogP contribution in [0.15, 0.2) is 24.3 Å². The molecule has 0 spiro atoms. The Bertz CT molecular complexity index is 762. The van der Waals surface area contributed by atoms with E-state index in [1.807, 2.05) is 0 Å². The monoisotopic (exact) mass is 458 g/mol. The fourth-order valence-electron chi connectivity index (χ4n) is 2.28. The smallest absolute Gasteiger partial charge is 0.325 e. The maximum Gasteiger partial charge on any atom is 0.325 e. The Morgan fingerprint density at radius 2 is 1.47 bits per heavy atom. The van der Waals surface area contributed by atoms with Crippen molar-refractivity contribution in [3.05, 3.63) is 29.8 Å². The molecule has 0 aliphatic rings. The van der Waals surface area contributed by atoms with E-state index in [2.05, 4.69) is 41.2 Å². The SMILES string of the molecule is CC(NC(=O)C(CS)NC(=O)C(Cc1ccc(O)cc1)NC(=O)C(N)CS)C(=O)O. The molecule has 0 aliphatic carbocycles. The number of carboxylic acids is 1. The van der Waals surface area contributed by atoms with Crippen molar-refractivity contribution < 1.29 is 29.4 Å². The Kier molecular flexibility index (Phi) is 10.5. The summed E-state index contributed by atoms with van der Waals surface area (Å²) < 4.78 is 0. The number of hydrogen-bond acceptors (Lipinski definition) is 8. The van der Waals surface area contributed by atoms with Gasteiger partial charge in [0.25, 0.3) is 0 Å². The van der Waals surface area contributed by atoms with Crippen molar-refractivity contribution in [1.82, 2.24) is 16.0 Å². The summed E-state index contributed by atoms with van der Waals surface area (Å²) >= 11 is 7.99. The minimum Gasteiger partial charge on any atom is -0.508 e. The van der Waals surface area contributed by atoms with Crippen LogP contribution < -0.4 is 21.7 Å². The maximum absolute atomic E-state index is 12.8. The molecule has 4 unspecified atom stereocenters. The molecule has 12 heteroatoms. The Hall–Kier alpha value is -2.44. The number of thiol groups is 2. The second-order valence-corrected chi connectivity index (χ2v) is 7.26. The van der Waals surface area contributed by atoms with Crippen molar-refractivity contribution in [3.8, 4) is 5.75 Å². The molecule has 0 saturated carbocycles. The van der Waals surface area contributed by atoms with E-state index < -0.39 is 47.9 Å². The number of nitrogens with one attached hydrogen (secondary N) is 3. The van der Waals surface area contributed by atoms with E-state index in [0.29, 0.717) is 5.56 Å². The van der Waals surface area contributed by atoms with Crippen molar-refractivity contribution in [2.45, 2.75) is 37.5 Å². The normalized spacial score (nSPS) is 14.7. The highest BCUT2D eigenvalue weighted by Gasteiger charge is 2.28. The average Bonchev–Trinajstić information content (AvgIpc) is 2.71. The van der Waals surface area contributed by atoms with Crippen molar-refractivity contribution >= 4 is 48.9 Å². The number of benzene rings is 1.